The molecule has 0 aliphatic carbocycles. The maximum absolute atomic E-state index is 4.98. The molecule has 0 saturated heterocycles. The summed E-state index contributed by atoms with van der Waals surface area (Å²) in [5, 5.41) is 0. The molecule has 0 aromatic carbocycles. The van der Waals surface area contributed by atoms with Gasteiger partial charge in [-0.3, -0.25) is 0 Å². The van der Waals surface area contributed by atoms with Crippen molar-refractivity contribution in [3.8, 4) is 0 Å². The summed E-state index contributed by atoms with van der Waals surface area (Å²) in [5.74, 6) is 0. The second-order valence-electron chi connectivity index (χ2n) is 2.61. The number of rotatable bonds is 3. The molecule has 2 heteroatoms. The van der Waals surface area contributed by atoms with Crippen molar-refractivity contribution in [3.05, 3.63) is 11.8 Å². The normalized spacial score (nSPS) is 17.8. The number of nitrogens with zero attached hydrogens (tertiary/aromatic N) is 1. The summed E-state index contributed by atoms with van der Waals surface area (Å²) in [4.78, 5) is 2.35. The fraction of sp³-hybridized carbons (Fsp3) is 0.750. The Balaban J connectivity index is 2.22. The van der Waals surface area contributed by atoms with Crippen LogP contribution in [0.3, 0.4) is 0 Å². The average molecular weight is 141 g/mol. The van der Waals surface area contributed by atoms with E-state index in [1.807, 2.05) is 0 Å². The van der Waals surface area contributed by atoms with Gasteiger partial charge < -0.3 is 9.64 Å². The predicted molar refractivity (Wildman–Crippen MR) is 41.8 cm³/mol. The van der Waals surface area contributed by atoms with Crippen LogP contribution in [0.15, 0.2) is 11.8 Å². The Hall–Kier alpha value is -0.500. The van der Waals surface area contributed by atoms with Crippen molar-refractivity contribution in [3.63, 3.8) is 0 Å². The molecule has 0 radical (unpaired) electrons. The first-order valence-corrected chi connectivity index (χ1v) is 3.75. The van der Waals surface area contributed by atoms with Gasteiger partial charge in [-0.2, -0.15) is 0 Å². The van der Waals surface area contributed by atoms with Crippen molar-refractivity contribution in [1.29, 1.82) is 0 Å². The highest BCUT2D eigenvalue weighted by Crippen LogP contribution is 2.12. The van der Waals surface area contributed by atoms with E-state index in [0.29, 0.717) is 0 Å². The van der Waals surface area contributed by atoms with E-state index >= 15 is 0 Å². The molecule has 1 aliphatic heterocycles. The van der Waals surface area contributed by atoms with Gasteiger partial charge in [0.2, 0.25) is 0 Å². The lowest BCUT2D eigenvalue weighted by atomic mass is 10.4. The Bertz CT molecular complexity index is 131. The van der Waals surface area contributed by atoms with E-state index in [1.165, 1.54) is 18.7 Å². The highest BCUT2D eigenvalue weighted by Gasteiger charge is 2.08. The zero-order valence-corrected chi connectivity index (χ0v) is 6.76. The third-order valence-corrected chi connectivity index (χ3v) is 1.90. The standard InChI is InChI=1S/C8H15NO/c1-8-4-3-5-9(8)6-7-10-2/h4H,3,5-7H2,1-2H3. The largest absolute Gasteiger partial charge is 0.383 e. The van der Waals surface area contributed by atoms with E-state index in [4.69, 9.17) is 4.74 Å². The van der Waals surface area contributed by atoms with Crippen LogP contribution in [-0.4, -0.2) is 31.7 Å². The molecule has 0 aromatic heterocycles. The van der Waals surface area contributed by atoms with Crippen LogP contribution in [-0.2, 0) is 4.74 Å². The van der Waals surface area contributed by atoms with Crippen molar-refractivity contribution in [2.45, 2.75) is 13.3 Å². The SMILES string of the molecule is COCCN1CCC=C1C. The molecule has 1 rings (SSSR count). The lowest BCUT2D eigenvalue weighted by Gasteiger charge is -2.18. The van der Waals surface area contributed by atoms with Crippen LogP contribution in [0, 0.1) is 0 Å². The van der Waals surface area contributed by atoms with Gasteiger partial charge in [0.25, 0.3) is 0 Å². The van der Waals surface area contributed by atoms with Crippen molar-refractivity contribution in [2.24, 2.45) is 0 Å². The number of methoxy groups -OCH3 is 1. The van der Waals surface area contributed by atoms with Gasteiger partial charge in [0.15, 0.2) is 0 Å². The first-order chi connectivity index (χ1) is 4.84. The van der Waals surface area contributed by atoms with Gasteiger partial charge in [0, 0.05) is 25.9 Å². The maximum Gasteiger partial charge on any atom is 0.0637 e. The summed E-state index contributed by atoms with van der Waals surface area (Å²) in [5.41, 5.74) is 1.40. The Kier molecular flexibility index (Phi) is 2.75. The van der Waals surface area contributed by atoms with E-state index in [1.54, 1.807) is 7.11 Å². The summed E-state index contributed by atoms with van der Waals surface area (Å²) in [6.07, 6.45) is 3.48. The van der Waals surface area contributed by atoms with Crippen LogP contribution in [0.25, 0.3) is 0 Å². The van der Waals surface area contributed by atoms with Crippen molar-refractivity contribution in [2.75, 3.05) is 26.8 Å². The van der Waals surface area contributed by atoms with Gasteiger partial charge in [-0.1, -0.05) is 6.08 Å². The van der Waals surface area contributed by atoms with E-state index in [2.05, 4.69) is 17.9 Å². The molecule has 0 amide bonds. The highest BCUT2D eigenvalue weighted by atomic mass is 16.5. The monoisotopic (exact) mass is 141 g/mol. The van der Waals surface area contributed by atoms with Crippen LogP contribution in [0.4, 0.5) is 0 Å². The fourth-order valence-corrected chi connectivity index (χ4v) is 1.22. The molecule has 2 nitrogen and oxygen atoms in total. The summed E-state index contributed by atoms with van der Waals surface area (Å²) < 4.78 is 4.98. The van der Waals surface area contributed by atoms with Gasteiger partial charge in [-0.05, 0) is 13.3 Å². The van der Waals surface area contributed by atoms with Gasteiger partial charge in [0.1, 0.15) is 0 Å². The molecule has 0 saturated carbocycles. The number of allylic oxidation sites excluding steroid dienone is 1. The van der Waals surface area contributed by atoms with Crippen LogP contribution >= 0.6 is 0 Å². The first-order valence-electron chi connectivity index (χ1n) is 3.75. The molecule has 1 aliphatic rings. The second kappa shape index (κ2) is 3.62. The number of hydrogen-bond acceptors (Lipinski definition) is 2. The molecule has 0 fully saturated rings. The van der Waals surface area contributed by atoms with Crippen LogP contribution in [0.5, 0.6) is 0 Å². The molecular formula is C8H15NO. The summed E-state index contributed by atoms with van der Waals surface area (Å²) in [6, 6.07) is 0. The van der Waals surface area contributed by atoms with E-state index in [-0.39, 0.29) is 0 Å². The van der Waals surface area contributed by atoms with Crippen LogP contribution < -0.4 is 0 Å². The molecule has 1 heterocycles. The minimum absolute atomic E-state index is 0.838. The minimum Gasteiger partial charge on any atom is -0.383 e. The third kappa shape index (κ3) is 1.74. The first kappa shape index (κ1) is 7.61. The van der Waals surface area contributed by atoms with Crippen LogP contribution in [0.1, 0.15) is 13.3 Å². The third-order valence-electron chi connectivity index (χ3n) is 1.90. The molecule has 0 unspecified atom stereocenters. The Morgan fingerprint density at radius 2 is 2.50 bits per heavy atom. The molecular weight excluding hydrogens is 126 g/mol. The van der Waals surface area contributed by atoms with E-state index in [0.717, 1.165) is 13.2 Å². The van der Waals surface area contributed by atoms with Crippen LogP contribution in [0.2, 0.25) is 0 Å². The van der Waals surface area contributed by atoms with E-state index < -0.39 is 0 Å². The molecule has 0 N–H and O–H groups in total. The summed E-state index contributed by atoms with van der Waals surface area (Å²) in [6.45, 7) is 5.21. The van der Waals surface area contributed by atoms with E-state index in [9.17, 15) is 0 Å². The average Bonchev–Trinajstić information content (AvgIpc) is 2.31. The highest BCUT2D eigenvalue weighted by molar-refractivity contribution is 5.03. The smallest absolute Gasteiger partial charge is 0.0637 e. The Labute approximate surface area is 62.5 Å². The predicted octanol–water partition coefficient (Wildman–Crippen LogP) is 1.24. The lowest BCUT2D eigenvalue weighted by molar-refractivity contribution is 0.168. The molecule has 0 atom stereocenters. The fourth-order valence-electron chi connectivity index (χ4n) is 1.22. The topological polar surface area (TPSA) is 12.5 Å². The van der Waals surface area contributed by atoms with Gasteiger partial charge in [0.05, 0.1) is 6.61 Å². The summed E-state index contributed by atoms with van der Waals surface area (Å²) >= 11 is 0. The van der Waals surface area contributed by atoms with Crippen molar-refractivity contribution in [1.82, 2.24) is 4.90 Å². The molecule has 58 valence electrons. The minimum atomic E-state index is 0.838. The van der Waals surface area contributed by atoms with Gasteiger partial charge in [-0.15, -0.1) is 0 Å². The zero-order chi connectivity index (χ0) is 7.40. The molecule has 0 aromatic rings. The number of hydrogen-bond donors (Lipinski definition) is 0. The summed E-state index contributed by atoms with van der Waals surface area (Å²) in [7, 11) is 1.75. The number of ether oxygens (including phenoxy) is 1. The van der Waals surface area contributed by atoms with Crippen molar-refractivity contribution >= 4 is 0 Å². The quantitative estimate of drug-likeness (QED) is 0.586. The van der Waals surface area contributed by atoms with Gasteiger partial charge in [-0.25, -0.2) is 0 Å². The zero-order valence-electron chi connectivity index (χ0n) is 6.76. The molecule has 10 heavy (non-hydrogen) atoms. The van der Waals surface area contributed by atoms with Gasteiger partial charge >= 0.3 is 0 Å². The lowest BCUT2D eigenvalue weighted by Crippen LogP contribution is -2.22. The second-order valence-corrected chi connectivity index (χ2v) is 2.61. The Morgan fingerprint density at radius 3 is 3.00 bits per heavy atom. The molecule has 0 spiro atoms. The molecule has 0 bridgehead atoms. The van der Waals surface area contributed by atoms with Crippen molar-refractivity contribution < 1.29 is 4.74 Å². The maximum atomic E-state index is 4.98. The Morgan fingerprint density at radius 1 is 1.70 bits per heavy atom.